The van der Waals surface area contributed by atoms with Crippen molar-refractivity contribution in [1.29, 1.82) is 0 Å². The minimum Gasteiger partial charge on any atom is -0.466 e. The zero-order valence-corrected chi connectivity index (χ0v) is 15.3. The second-order valence-corrected chi connectivity index (χ2v) is 6.01. The number of nitrogens with two attached hydrogens (primary N) is 1. The predicted molar refractivity (Wildman–Crippen MR) is 97.6 cm³/mol. The summed E-state index contributed by atoms with van der Waals surface area (Å²) in [4.78, 5) is 25.1. The molecule has 0 unspecified atom stereocenters. The van der Waals surface area contributed by atoms with Crippen LogP contribution in [0.2, 0.25) is 0 Å². The van der Waals surface area contributed by atoms with E-state index in [0.29, 0.717) is 33.7 Å². The highest BCUT2D eigenvalue weighted by molar-refractivity contribution is 7.80. The fourth-order valence-electron chi connectivity index (χ4n) is 3.04. The summed E-state index contributed by atoms with van der Waals surface area (Å²) in [6, 6.07) is 7.14. The van der Waals surface area contributed by atoms with Gasteiger partial charge < -0.3 is 20.5 Å². The van der Waals surface area contributed by atoms with E-state index in [-0.39, 0.29) is 4.99 Å². The van der Waals surface area contributed by atoms with Gasteiger partial charge in [-0.2, -0.15) is 0 Å². The summed E-state index contributed by atoms with van der Waals surface area (Å²) in [5, 5.41) is 3.05. The van der Waals surface area contributed by atoms with Gasteiger partial charge in [0.25, 0.3) is 0 Å². The molecule has 0 aromatic heterocycles. The Kier molecular flexibility index (Phi) is 5.58. The summed E-state index contributed by atoms with van der Waals surface area (Å²) in [7, 11) is 2.59. The molecule has 1 heterocycles. The maximum Gasteiger partial charge on any atom is 0.336 e. The average Bonchev–Trinajstić information content (AvgIpc) is 2.59. The van der Waals surface area contributed by atoms with Crippen molar-refractivity contribution in [3.05, 3.63) is 57.9 Å². The van der Waals surface area contributed by atoms with Gasteiger partial charge in [0.2, 0.25) is 0 Å². The number of carbonyl (C=O) groups excluding carboxylic acids is 2. The Morgan fingerprint density at radius 2 is 1.52 bits per heavy atom. The van der Waals surface area contributed by atoms with Crippen molar-refractivity contribution in [2.24, 2.45) is 5.73 Å². The number of methoxy groups -OCH3 is 2. The van der Waals surface area contributed by atoms with Crippen LogP contribution >= 0.6 is 12.2 Å². The van der Waals surface area contributed by atoms with Crippen molar-refractivity contribution >= 4 is 29.1 Å². The van der Waals surface area contributed by atoms with Crippen LogP contribution in [-0.4, -0.2) is 31.1 Å². The Balaban J connectivity index is 2.80. The number of nitrogens with one attached hydrogen (secondary N) is 1. The SMILES string of the molecule is COC(=O)C1=C(C)NC(C)=C(C(=O)OC)C1c1ccccc1C(N)=S. The van der Waals surface area contributed by atoms with Crippen LogP contribution in [0, 0.1) is 0 Å². The Labute approximate surface area is 151 Å². The van der Waals surface area contributed by atoms with E-state index in [0.717, 1.165) is 0 Å². The molecular weight excluding hydrogens is 340 g/mol. The summed E-state index contributed by atoms with van der Waals surface area (Å²) in [5.74, 6) is -1.78. The number of carbonyl (C=O) groups is 2. The van der Waals surface area contributed by atoms with E-state index in [9.17, 15) is 9.59 Å². The Bertz CT molecular complexity index is 773. The van der Waals surface area contributed by atoms with E-state index in [2.05, 4.69) is 5.32 Å². The smallest absolute Gasteiger partial charge is 0.336 e. The molecule has 7 heteroatoms. The van der Waals surface area contributed by atoms with Gasteiger partial charge in [-0.1, -0.05) is 36.5 Å². The fourth-order valence-corrected chi connectivity index (χ4v) is 3.23. The Morgan fingerprint density at radius 1 is 1.04 bits per heavy atom. The summed E-state index contributed by atoms with van der Waals surface area (Å²) in [5.41, 5.74) is 8.92. The maximum absolute atomic E-state index is 12.4. The standard InChI is InChI=1S/C18H20N2O4S/c1-9-13(17(21)23-3)15(14(10(2)20-9)18(22)24-4)11-7-5-6-8-12(11)16(19)25/h5-8,15,20H,1-4H3,(H2,19,25). The highest BCUT2D eigenvalue weighted by Gasteiger charge is 2.38. The first-order chi connectivity index (χ1) is 11.8. The molecule has 132 valence electrons. The maximum atomic E-state index is 12.4. The number of dihydropyridines is 1. The predicted octanol–water partition coefficient (Wildman–Crippen LogP) is 1.90. The lowest BCUT2D eigenvalue weighted by molar-refractivity contribution is -0.137. The molecule has 1 aliphatic heterocycles. The number of rotatable bonds is 4. The van der Waals surface area contributed by atoms with Crippen molar-refractivity contribution in [2.75, 3.05) is 14.2 Å². The van der Waals surface area contributed by atoms with E-state index < -0.39 is 17.9 Å². The molecule has 2 rings (SSSR count). The number of esters is 2. The molecule has 0 fully saturated rings. The third-order valence-electron chi connectivity index (χ3n) is 4.11. The highest BCUT2D eigenvalue weighted by Crippen LogP contribution is 2.40. The largest absolute Gasteiger partial charge is 0.466 e. The molecule has 0 bridgehead atoms. The van der Waals surface area contributed by atoms with Crippen LogP contribution < -0.4 is 11.1 Å². The molecule has 1 aromatic rings. The molecule has 0 saturated heterocycles. The van der Waals surface area contributed by atoms with Gasteiger partial charge in [-0.15, -0.1) is 0 Å². The molecule has 0 saturated carbocycles. The number of benzene rings is 1. The molecule has 6 nitrogen and oxygen atoms in total. The summed E-state index contributed by atoms with van der Waals surface area (Å²) in [6.45, 7) is 3.50. The van der Waals surface area contributed by atoms with Crippen LogP contribution in [0.5, 0.6) is 0 Å². The van der Waals surface area contributed by atoms with Gasteiger partial charge in [0, 0.05) is 17.0 Å². The molecule has 3 N–H and O–H groups in total. The molecule has 25 heavy (non-hydrogen) atoms. The Hall–Kier alpha value is -2.67. The summed E-state index contributed by atoms with van der Waals surface area (Å²) >= 11 is 5.14. The molecule has 0 aliphatic carbocycles. The van der Waals surface area contributed by atoms with Crippen LogP contribution in [0.4, 0.5) is 0 Å². The number of allylic oxidation sites excluding steroid dienone is 2. The normalized spacial score (nSPS) is 14.9. The molecule has 1 aromatic carbocycles. The molecule has 0 amide bonds. The minimum absolute atomic E-state index is 0.179. The Morgan fingerprint density at radius 3 is 1.96 bits per heavy atom. The highest BCUT2D eigenvalue weighted by atomic mass is 32.1. The molecule has 1 aliphatic rings. The van der Waals surface area contributed by atoms with E-state index in [1.54, 1.807) is 38.1 Å². The van der Waals surface area contributed by atoms with E-state index in [4.69, 9.17) is 27.4 Å². The van der Waals surface area contributed by atoms with Gasteiger partial charge in [0.1, 0.15) is 4.99 Å². The van der Waals surface area contributed by atoms with Crippen molar-refractivity contribution in [3.63, 3.8) is 0 Å². The average molecular weight is 360 g/mol. The number of hydrogen-bond acceptors (Lipinski definition) is 6. The first kappa shape index (κ1) is 18.7. The lowest BCUT2D eigenvalue weighted by atomic mass is 9.78. The minimum atomic E-state index is -0.696. The third-order valence-corrected chi connectivity index (χ3v) is 4.33. The first-order valence-corrected chi connectivity index (χ1v) is 7.98. The molecular formula is C18H20N2O4S. The van der Waals surface area contributed by atoms with Gasteiger partial charge in [0.05, 0.1) is 31.3 Å². The van der Waals surface area contributed by atoms with E-state index in [1.807, 2.05) is 0 Å². The number of hydrogen-bond donors (Lipinski definition) is 2. The molecule has 0 radical (unpaired) electrons. The third kappa shape index (κ3) is 3.41. The monoisotopic (exact) mass is 360 g/mol. The summed E-state index contributed by atoms with van der Waals surface area (Å²) in [6.07, 6.45) is 0. The van der Waals surface area contributed by atoms with Gasteiger partial charge in [0.15, 0.2) is 0 Å². The van der Waals surface area contributed by atoms with E-state index >= 15 is 0 Å². The number of thiocarbonyl (C=S) groups is 1. The van der Waals surface area contributed by atoms with Crippen molar-refractivity contribution in [1.82, 2.24) is 5.32 Å². The van der Waals surface area contributed by atoms with Gasteiger partial charge in [-0.25, -0.2) is 9.59 Å². The zero-order valence-electron chi connectivity index (χ0n) is 14.5. The van der Waals surface area contributed by atoms with Crippen LogP contribution in [-0.2, 0) is 19.1 Å². The summed E-state index contributed by atoms with van der Waals surface area (Å²) < 4.78 is 9.87. The van der Waals surface area contributed by atoms with Gasteiger partial charge in [-0.3, -0.25) is 0 Å². The van der Waals surface area contributed by atoms with Crippen LogP contribution in [0.25, 0.3) is 0 Å². The topological polar surface area (TPSA) is 90.6 Å². The quantitative estimate of drug-likeness (QED) is 0.626. The van der Waals surface area contributed by atoms with Gasteiger partial charge in [-0.05, 0) is 19.4 Å². The second kappa shape index (κ2) is 7.48. The first-order valence-electron chi connectivity index (χ1n) is 7.57. The lowest BCUT2D eigenvalue weighted by Crippen LogP contribution is -2.33. The van der Waals surface area contributed by atoms with Crippen molar-refractivity contribution < 1.29 is 19.1 Å². The van der Waals surface area contributed by atoms with E-state index in [1.165, 1.54) is 14.2 Å². The second-order valence-electron chi connectivity index (χ2n) is 5.57. The molecule has 0 spiro atoms. The zero-order chi connectivity index (χ0) is 18.7. The molecule has 0 atom stereocenters. The number of ether oxygens (including phenoxy) is 2. The van der Waals surface area contributed by atoms with Crippen LogP contribution in [0.1, 0.15) is 30.9 Å². The lowest BCUT2D eigenvalue weighted by Gasteiger charge is -2.31. The fraction of sp³-hybridized carbons (Fsp3) is 0.278. The van der Waals surface area contributed by atoms with Gasteiger partial charge >= 0.3 is 11.9 Å². The van der Waals surface area contributed by atoms with Crippen molar-refractivity contribution in [3.8, 4) is 0 Å². The van der Waals surface area contributed by atoms with Crippen molar-refractivity contribution in [2.45, 2.75) is 19.8 Å². The van der Waals surface area contributed by atoms with Crippen LogP contribution in [0.3, 0.4) is 0 Å². The van der Waals surface area contributed by atoms with Crippen LogP contribution in [0.15, 0.2) is 46.8 Å².